The van der Waals surface area contributed by atoms with Gasteiger partial charge in [0, 0.05) is 24.0 Å². The first-order valence-electron chi connectivity index (χ1n) is 11.7. The predicted molar refractivity (Wildman–Crippen MR) is 129 cm³/mol. The standard InChI is InChI=1S/C26H34FN3O4/c1-14(2)21-20(24(33)28-17-7-8-19(27)15(3)13-17)16(4)22(30(21)6)23(32)25(34)29-26(5)11-9-18(31)10-12-26/h7-8,13-14,18,31H,9-12H2,1-6H3,(H,28,33)(H,29,34). The number of nitrogens with one attached hydrogen (secondary N) is 2. The van der Waals surface area contributed by atoms with Crippen LogP contribution < -0.4 is 10.6 Å². The van der Waals surface area contributed by atoms with Crippen molar-refractivity contribution in [3.05, 3.63) is 52.1 Å². The summed E-state index contributed by atoms with van der Waals surface area (Å²) >= 11 is 0. The van der Waals surface area contributed by atoms with E-state index in [9.17, 15) is 23.9 Å². The molecule has 2 aromatic rings. The Morgan fingerprint density at radius 1 is 1.18 bits per heavy atom. The minimum atomic E-state index is -0.723. The van der Waals surface area contributed by atoms with E-state index in [0.717, 1.165) is 0 Å². The Morgan fingerprint density at radius 3 is 2.35 bits per heavy atom. The molecule has 0 spiro atoms. The number of halogens is 1. The van der Waals surface area contributed by atoms with Crippen LogP contribution in [-0.2, 0) is 11.8 Å². The first-order chi connectivity index (χ1) is 15.8. The van der Waals surface area contributed by atoms with Gasteiger partial charge in [-0.05, 0) is 81.7 Å². The number of hydrogen-bond donors (Lipinski definition) is 3. The van der Waals surface area contributed by atoms with Crippen LogP contribution in [0, 0.1) is 19.7 Å². The van der Waals surface area contributed by atoms with Gasteiger partial charge in [-0.25, -0.2) is 4.39 Å². The maximum atomic E-state index is 13.6. The molecule has 2 amide bonds. The molecule has 0 radical (unpaired) electrons. The third kappa shape index (κ3) is 5.06. The molecule has 0 unspecified atom stereocenters. The van der Waals surface area contributed by atoms with E-state index in [4.69, 9.17) is 0 Å². The summed E-state index contributed by atoms with van der Waals surface area (Å²) in [4.78, 5) is 39.5. The highest BCUT2D eigenvalue weighted by Crippen LogP contribution is 2.31. The van der Waals surface area contributed by atoms with Crippen LogP contribution in [0.3, 0.4) is 0 Å². The second kappa shape index (κ2) is 9.70. The molecule has 0 saturated heterocycles. The van der Waals surface area contributed by atoms with Crippen molar-refractivity contribution in [2.45, 2.75) is 77.9 Å². The smallest absolute Gasteiger partial charge is 0.294 e. The lowest BCUT2D eigenvalue weighted by Gasteiger charge is -2.36. The molecule has 1 heterocycles. The number of benzene rings is 1. The maximum Gasteiger partial charge on any atom is 0.294 e. The lowest BCUT2D eigenvalue weighted by molar-refractivity contribution is -0.119. The van der Waals surface area contributed by atoms with Crippen molar-refractivity contribution in [3.63, 3.8) is 0 Å². The molecule has 8 heteroatoms. The van der Waals surface area contributed by atoms with Gasteiger partial charge in [-0.15, -0.1) is 0 Å². The molecule has 1 fully saturated rings. The van der Waals surface area contributed by atoms with Crippen molar-refractivity contribution >= 4 is 23.3 Å². The minimum absolute atomic E-state index is 0.0960. The van der Waals surface area contributed by atoms with E-state index in [1.165, 1.54) is 12.1 Å². The van der Waals surface area contributed by atoms with Crippen molar-refractivity contribution < 1.29 is 23.9 Å². The van der Waals surface area contributed by atoms with Crippen LogP contribution >= 0.6 is 0 Å². The number of Topliss-reactive ketones (excluding diaryl/α,β-unsaturated/α-hetero) is 1. The van der Waals surface area contributed by atoms with Crippen molar-refractivity contribution in [3.8, 4) is 0 Å². The Kier molecular flexibility index (Phi) is 7.31. The Morgan fingerprint density at radius 2 is 1.79 bits per heavy atom. The van der Waals surface area contributed by atoms with Crippen LogP contribution in [0.5, 0.6) is 0 Å². The highest BCUT2D eigenvalue weighted by atomic mass is 19.1. The Bertz CT molecular complexity index is 1130. The van der Waals surface area contributed by atoms with Crippen LogP contribution in [0.15, 0.2) is 18.2 Å². The Labute approximate surface area is 199 Å². The number of amides is 2. The monoisotopic (exact) mass is 471 g/mol. The van der Waals surface area contributed by atoms with Gasteiger partial charge in [-0.3, -0.25) is 14.4 Å². The van der Waals surface area contributed by atoms with Gasteiger partial charge in [-0.2, -0.15) is 0 Å². The molecule has 3 rings (SSSR count). The topological polar surface area (TPSA) is 100 Å². The normalized spacial score (nSPS) is 20.3. The zero-order valence-corrected chi connectivity index (χ0v) is 20.7. The number of ketones is 1. The van der Waals surface area contributed by atoms with Gasteiger partial charge in [0.1, 0.15) is 5.82 Å². The van der Waals surface area contributed by atoms with E-state index in [1.807, 2.05) is 20.8 Å². The van der Waals surface area contributed by atoms with Crippen LogP contribution in [0.25, 0.3) is 0 Å². The third-order valence-corrected chi connectivity index (χ3v) is 6.77. The Hall–Kier alpha value is -3.00. The first kappa shape index (κ1) is 25.6. The summed E-state index contributed by atoms with van der Waals surface area (Å²) in [5, 5.41) is 15.4. The fourth-order valence-electron chi connectivity index (χ4n) is 4.85. The van der Waals surface area contributed by atoms with E-state index >= 15 is 0 Å². The van der Waals surface area contributed by atoms with Crippen molar-refractivity contribution in [1.82, 2.24) is 9.88 Å². The molecule has 1 aromatic heterocycles. The molecule has 0 aliphatic heterocycles. The summed E-state index contributed by atoms with van der Waals surface area (Å²) in [7, 11) is 1.68. The van der Waals surface area contributed by atoms with E-state index in [0.29, 0.717) is 53.8 Å². The molecule has 1 saturated carbocycles. The van der Waals surface area contributed by atoms with Crippen LogP contribution in [0.1, 0.15) is 90.0 Å². The highest BCUT2D eigenvalue weighted by Gasteiger charge is 2.36. The summed E-state index contributed by atoms with van der Waals surface area (Å²) in [6.45, 7) is 8.98. The molecule has 34 heavy (non-hydrogen) atoms. The molecule has 1 aliphatic carbocycles. The number of carbonyl (C=O) groups is 3. The Balaban J connectivity index is 1.92. The van der Waals surface area contributed by atoms with Gasteiger partial charge >= 0.3 is 0 Å². The van der Waals surface area contributed by atoms with Gasteiger partial charge in [-0.1, -0.05) is 13.8 Å². The van der Waals surface area contributed by atoms with E-state index in [2.05, 4.69) is 10.6 Å². The molecule has 3 N–H and O–H groups in total. The average Bonchev–Trinajstić information content (AvgIpc) is 3.02. The van der Waals surface area contributed by atoms with Gasteiger partial charge in [0.25, 0.3) is 17.6 Å². The zero-order chi connectivity index (χ0) is 25.4. The fraction of sp³-hybridized carbons (Fsp3) is 0.500. The molecule has 184 valence electrons. The van der Waals surface area contributed by atoms with Gasteiger partial charge in [0.2, 0.25) is 0 Å². The molecular weight excluding hydrogens is 437 g/mol. The molecule has 7 nitrogen and oxygen atoms in total. The first-order valence-corrected chi connectivity index (χ1v) is 11.7. The van der Waals surface area contributed by atoms with Crippen LogP contribution in [-0.4, -0.2) is 38.9 Å². The molecule has 0 bridgehead atoms. The summed E-state index contributed by atoms with van der Waals surface area (Å²) in [5.74, 6) is -2.31. The zero-order valence-electron chi connectivity index (χ0n) is 20.7. The van der Waals surface area contributed by atoms with Crippen molar-refractivity contribution in [2.24, 2.45) is 7.05 Å². The molecule has 1 aromatic carbocycles. The lowest BCUT2D eigenvalue weighted by Crippen LogP contribution is -2.51. The van der Waals surface area contributed by atoms with Crippen LogP contribution in [0.4, 0.5) is 10.1 Å². The number of nitrogens with zero attached hydrogens (tertiary/aromatic N) is 1. The highest BCUT2D eigenvalue weighted by molar-refractivity contribution is 6.43. The summed E-state index contributed by atoms with van der Waals surface area (Å²) in [6, 6.07) is 4.31. The summed E-state index contributed by atoms with van der Waals surface area (Å²) in [6.07, 6.45) is 1.93. The number of carbonyl (C=O) groups excluding carboxylic acids is 3. The second-order valence-corrected chi connectivity index (χ2v) is 9.94. The number of aliphatic hydroxyl groups is 1. The molecule has 0 atom stereocenters. The van der Waals surface area contributed by atoms with Gasteiger partial charge in [0.15, 0.2) is 0 Å². The fourth-order valence-corrected chi connectivity index (χ4v) is 4.85. The quantitative estimate of drug-likeness (QED) is 0.435. The third-order valence-electron chi connectivity index (χ3n) is 6.77. The number of aliphatic hydroxyl groups excluding tert-OH is 1. The number of aromatic nitrogens is 1. The minimum Gasteiger partial charge on any atom is -0.393 e. The van der Waals surface area contributed by atoms with Crippen molar-refractivity contribution in [2.75, 3.05) is 5.32 Å². The van der Waals surface area contributed by atoms with E-state index < -0.39 is 23.1 Å². The summed E-state index contributed by atoms with van der Waals surface area (Å²) in [5.41, 5.74) is 1.85. The van der Waals surface area contributed by atoms with Crippen molar-refractivity contribution in [1.29, 1.82) is 0 Å². The second-order valence-electron chi connectivity index (χ2n) is 9.94. The number of hydrogen-bond acceptors (Lipinski definition) is 4. The lowest BCUT2D eigenvalue weighted by atomic mass is 9.82. The molecule has 1 aliphatic rings. The average molecular weight is 472 g/mol. The predicted octanol–water partition coefficient (Wildman–Crippen LogP) is 4.15. The van der Waals surface area contributed by atoms with Gasteiger partial charge in [0.05, 0.1) is 17.4 Å². The number of aryl methyl sites for hydroxylation is 1. The number of anilines is 1. The summed E-state index contributed by atoms with van der Waals surface area (Å²) < 4.78 is 15.2. The number of rotatable bonds is 6. The van der Waals surface area contributed by atoms with Gasteiger partial charge < -0.3 is 20.3 Å². The van der Waals surface area contributed by atoms with Crippen LogP contribution in [0.2, 0.25) is 0 Å². The largest absolute Gasteiger partial charge is 0.393 e. The maximum absolute atomic E-state index is 13.6. The van der Waals surface area contributed by atoms with E-state index in [-0.39, 0.29) is 23.5 Å². The molecular formula is C26H34FN3O4. The SMILES string of the molecule is Cc1cc(NC(=O)c2c(C)c(C(=O)C(=O)NC3(C)CCC(O)CC3)n(C)c2C(C)C)ccc1F. The van der Waals surface area contributed by atoms with E-state index in [1.54, 1.807) is 31.5 Å².